The van der Waals surface area contributed by atoms with Crippen molar-refractivity contribution in [2.24, 2.45) is 0 Å². The van der Waals surface area contributed by atoms with Crippen LogP contribution in [-0.4, -0.2) is 28.7 Å². The van der Waals surface area contributed by atoms with Crippen molar-refractivity contribution in [1.82, 2.24) is 9.88 Å². The monoisotopic (exact) mass is 431 g/mol. The van der Waals surface area contributed by atoms with E-state index in [4.69, 9.17) is 11.6 Å². The molecule has 0 aliphatic rings. The Hall–Kier alpha value is -2.48. The Labute approximate surface area is 176 Å². The number of carbonyl (C=O) groups is 2. The van der Waals surface area contributed by atoms with Crippen LogP contribution in [0.2, 0.25) is 4.34 Å². The molecule has 3 rings (SSSR count). The van der Waals surface area contributed by atoms with Crippen LogP contribution < -0.4 is 4.90 Å². The van der Waals surface area contributed by atoms with E-state index in [1.165, 1.54) is 35.7 Å². The molecule has 8 heteroatoms. The Morgan fingerprint density at radius 2 is 1.93 bits per heavy atom. The molecule has 0 N–H and O–H groups in total. The van der Waals surface area contributed by atoms with E-state index in [-0.39, 0.29) is 11.8 Å². The first-order valence-corrected chi connectivity index (χ1v) is 10.5. The van der Waals surface area contributed by atoms with Gasteiger partial charge in [0.05, 0.1) is 22.3 Å². The molecule has 5 nitrogen and oxygen atoms in total. The highest BCUT2D eigenvalue weighted by molar-refractivity contribution is 7.16. The molecule has 0 unspecified atom stereocenters. The third kappa shape index (κ3) is 5.07. The van der Waals surface area contributed by atoms with Crippen LogP contribution in [0.4, 0.5) is 10.8 Å². The van der Waals surface area contributed by atoms with Crippen molar-refractivity contribution < 1.29 is 9.59 Å². The molecule has 0 saturated heterocycles. The van der Waals surface area contributed by atoms with Gasteiger partial charge < -0.3 is 4.90 Å². The predicted octanol–water partition coefficient (Wildman–Crippen LogP) is 5.21. The van der Waals surface area contributed by atoms with Crippen molar-refractivity contribution in [3.05, 3.63) is 68.8 Å². The minimum atomic E-state index is -0.134. The number of rotatable bonds is 6. The number of hydrogen-bond acceptors (Lipinski definition) is 5. The molecule has 2 heterocycles. The minimum absolute atomic E-state index is 0.124. The average Bonchev–Trinajstić information content (AvgIpc) is 3.29. The van der Waals surface area contributed by atoms with Gasteiger partial charge >= 0.3 is 0 Å². The first-order valence-electron chi connectivity index (χ1n) is 8.42. The van der Waals surface area contributed by atoms with E-state index in [1.54, 1.807) is 22.9 Å². The molecule has 144 valence electrons. The van der Waals surface area contributed by atoms with E-state index in [0.717, 1.165) is 10.6 Å². The highest BCUT2D eigenvalue weighted by Gasteiger charge is 2.17. The second kappa shape index (κ2) is 9.14. The minimum Gasteiger partial charge on any atom is -0.337 e. The van der Waals surface area contributed by atoms with Crippen LogP contribution in [0.25, 0.3) is 6.08 Å². The fourth-order valence-corrected chi connectivity index (χ4v) is 4.49. The van der Waals surface area contributed by atoms with Crippen molar-refractivity contribution in [1.29, 1.82) is 0 Å². The number of halogens is 1. The number of likely N-dealkylation sites (N-methyl/N-ethyl adjacent to an activating group) is 1. The van der Waals surface area contributed by atoms with Gasteiger partial charge in [0.2, 0.25) is 11.8 Å². The lowest BCUT2D eigenvalue weighted by atomic mass is 10.3. The Morgan fingerprint density at radius 1 is 1.18 bits per heavy atom. The molecular formula is C20H18ClN3O2S2. The fourth-order valence-electron chi connectivity index (χ4n) is 2.49. The van der Waals surface area contributed by atoms with Gasteiger partial charge in [-0.1, -0.05) is 29.8 Å². The number of hydrogen-bond donors (Lipinski definition) is 0. The highest BCUT2D eigenvalue weighted by atomic mass is 35.5. The van der Waals surface area contributed by atoms with E-state index in [2.05, 4.69) is 4.98 Å². The number of thiazole rings is 1. The number of carbonyl (C=O) groups excluding carboxylic acids is 2. The largest absolute Gasteiger partial charge is 0.337 e. The van der Waals surface area contributed by atoms with Crippen molar-refractivity contribution >= 4 is 63.0 Å². The summed E-state index contributed by atoms with van der Waals surface area (Å²) in [6.07, 6.45) is 3.14. The zero-order valence-corrected chi connectivity index (χ0v) is 17.7. The molecule has 0 aliphatic heterocycles. The van der Waals surface area contributed by atoms with Crippen molar-refractivity contribution in [3.63, 3.8) is 0 Å². The summed E-state index contributed by atoms with van der Waals surface area (Å²) in [7, 11) is 1.74. The lowest BCUT2D eigenvalue weighted by Gasteiger charge is -2.17. The fraction of sp³-hybridized carbons (Fsp3) is 0.150. The van der Waals surface area contributed by atoms with Crippen LogP contribution >= 0.6 is 34.3 Å². The third-order valence-corrected chi connectivity index (χ3v) is 5.89. The molecule has 0 radical (unpaired) electrons. The smallest absolute Gasteiger partial charge is 0.246 e. The summed E-state index contributed by atoms with van der Waals surface area (Å²) in [6.45, 7) is 1.99. The molecule has 0 bridgehead atoms. The summed E-state index contributed by atoms with van der Waals surface area (Å²) in [5, 5.41) is 2.38. The van der Waals surface area contributed by atoms with E-state index >= 15 is 0 Å². The standard InChI is InChI=1S/C20H18ClN3O2S2/c1-14(25)24(16-6-4-3-5-7-16)20-22-15(13-27-20)8-11-19(26)23(2)12-17-9-10-18(21)28-17/h3-11,13H,12H2,1-2H3. The maximum Gasteiger partial charge on any atom is 0.246 e. The zero-order chi connectivity index (χ0) is 20.1. The van der Waals surface area contributed by atoms with Gasteiger partial charge in [-0.05, 0) is 30.3 Å². The van der Waals surface area contributed by atoms with Gasteiger partial charge in [0.1, 0.15) is 0 Å². The predicted molar refractivity (Wildman–Crippen MR) is 116 cm³/mol. The number of nitrogens with zero attached hydrogens (tertiary/aromatic N) is 3. The summed E-state index contributed by atoms with van der Waals surface area (Å²) >= 11 is 8.73. The number of anilines is 2. The number of amides is 2. The molecule has 0 atom stereocenters. The summed E-state index contributed by atoms with van der Waals surface area (Å²) in [5.41, 5.74) is 1.38. The molecule has 0 spiro atoms. The first-order chi connectivity index (χ1) is 13.4. The Bertz CT molecular complexity index is 998. The highest BCUT2D eigenvalue weighted by Crippen LogP contribution is 2.29. The summed E-state index contributed by atoms with van der Waals surface area (Å²) in [4.78, 5) is 33.1. The van der Waals surface area contributed by atoms with Crippen LogP contribution in [0, 0.1) is 0 Å². The van der Waals surface area contributed by atoms with E-state index in [9.17, 15) is 9.59 Å². The molecule has 2 aromatic heterocycles. The Kier molecular flexibility index (Phi) is 6.61. The van der Waals surface area contributed by atoms with Gasteiger partial charge in [-0.3, -0.25) is 14.5 Å². The Morgan fingerprint density at radius 3 is 2.57 bits per heavy atom. The molecule has 0 saturated carbocycles. The van der Waals surface area contributed by atoms with Gasteiger partial charge in [-0.2, -0.15) is 0 Å². The van der Waals surface area contributed by atoms with Gasteiger partial charge in [0.15, 0.2) is 5.13 Å². The molecule has 2 amide bonds. The van der Waals surface area contributed by atoms with Crippen molar-refractivity contribution in [3.8, 4) is 0 Å². The van der Waals surface area contributed by atoms with Gasteiger partial charge in [0, 0.05) is 30.3 Å². The Balaban J connectivity index is 1.69. The number of thiophene rings is 1. The van der Waals surface area contributed by atoms with E-state index < -0.39 is 0 Å². The van der Waals surface area contributed by atoms with Crippen LogP contribution in [0.5, 0.6) is 0 Å². The number of benzene rings is 1. The molecule has 3 aromatic rings. The third-order valence-electron chi connectivity index (χ3n) is 3.83. The SMILES string of the molecule is CC(=O)N(c1ccccc1)c1nc(C=CC(=O)N(C)Cc2ccc(Cl)s2)cs1. The summed E-state index contributed by atoms with van der Waals surface area (Å²) in [6, 6.07) is 13.1. The van der Waals surface area contributed by atoms with Gasteiger partial charge in [-0.25, -0.2) is 4.98 Å². The number of para-hydroxylation sites is 1. The van der Waals surface area contributed by atoms with Gasteiger partial charge in [0.25, 0.3) is 0 Å². The van der Waals surface area contributed by atoms with Crippen molar-refractivity contribution in [2.45, 2.75) is 13.5 Å². The summed E-state index contributed by atoms with van der Waals surface area (Å²) < 4.78 is 0.704. The lowest BCUT2D eigenvalue weighted by Crippen LogP contribution is -2.23. The maximum atomic E-state index is 12.3. The van der Waals surface area contributed by atoms with E-state index in [1.807, 2.05) is 47.8 Å². The van der Waals surface area contributed by atoms with Crippen LogP contribution in [0.1, 0.15) is 17.5 Å². The molecular weight excluding hydrogens is 414 g/mol. The number of aromatic nitrogens is 1. The van der Waals surface area contributed by atoms with E-state index in [0.29, 0.717) is 21.7 Å². The molecule has 0 fully saturated rings. The van der Waals surface area contributed by atoms with Gasteiger partial charge in [-0.15, -0.1) is 22.7 Å². The topological polar surface area (TPSA) is 53.5 Å². The second-order valence-corrected chi connectivity index (χ2v) is 8.61. The quantitative estimate of drug-likeness (QED) is 0.503. The molecule has 0 aliphatic carbocycles. The summed E-state index contributed by atoms with van der Waals surface area (Å²) in [5.74, 6) is -0.257. The normalized spacial score (nSPS) is 11.0. The van der Waals surface area contributed by atoms with Crippen LogP contribution in [0.3, 0.4) is 0 Å². The lowest BCUT2D eigenvalue weighted by molar-refractivity contribution is -0.125. The molecule has 28 heavy (non-hydrogen) atoms. The van der Waals surface area contributed by atoms with Crippen LogP contribution in [0.15, 0.2) is 53.9 Å². The average molecular weight is 432 g/mol. The maximum absolute atomic E-state index is 12.3. The van der Waals surface area contributed by atoms with Crippen molar-refractivity contribution in [2.75, 3.05) is 11.9 Å². The molecule has 1 aromatic carbocycles. The van der Waals surface area contributed by atoms with Crippen LogP contribution in [-0.2, 0) is 16.1 Å². The first kappa shape index (κ1) is 20.3. The second-order valence-electron chi connectivity index (χ2n) is 5.98. The zero-order valence-electron chi connectivity index (χ0n) is 15.3.